The third-order valence-electron chi connectivity index (χ3n) is 20.3. The third kappa shape index (κ3) is 6.96. The van der Waals surface area contributed by atoms with E-state index in [1.165, 1.54) is 147 Å². The summed E-state index contributed by atoms with van der Waals surface area (Å²) in [4.78, 5) is 9.68. The summed E-state index contributed by atoms with van der Waals surface area (Å²) >= 11 is 0. The summed E-state index contributed by atoms with van der Waals surface area (Å²) < 4.78 is 5.41. The van der Waals surface area contributed by atoms with Crippen LogP contribution in [0.5, 0.6) is 0 Å². The van der Waals surface area contributed by atoms with Crippen LogP contribution in [0.15, 0.2) is 249 Å². The Kier molecular flexibility index (Phi) is 10.2. The molecule has 0 unspecified atom stereocenters. The molecule has 0 aliphatic carbocycles. The molecule has 0 amide bonds. The van der Waals surface area contributed by atoms with Crippen LogP contribution >= 0.6 is 0 Å². The average Bonchev–Trinajstić information content (AvgIpc) is 1.56. The summed E-state index contributed by atoms with van der Waals surface area (Å²) in [5, 5.41) is 20.5. The zero-order valence-electron chi connectivity index (χ0n) is 50.5. The number of benzene rings is 13. The van der Waals surface area contributed by atoms with Crippen molar-refractivity contribution in [1.82, 2.24) is 19.1 Å². The van der Waals surface area contributed by atoms with E-state index < -0.39 is 0 Å². The number of hydrogen-bond donors (Lipinski definition) is 0. The molecule has 19 rings (SSSR count). The number of nitrogens with zero attached hydrogens (tertiary/aromatic N) is 4. The molecule has 2 aliphatic rings. The van der Waals surface area contributed by atoms with Gasteiger partial charge >= 0.3 is 0 Å². The summed E-state index contributed by atoms with van der Waals surface area (Å²) in [7, 11) is 0. The molecule has 5 heteroatoms. The Bertz CT molecular complexity index is 5880. The minimum Gasteiger partial charge on any atom is -0.310 e. The molecule has 4 nitrogen and oxygen atoms in total. The number of aromatic nitrogens is 4. The van der Waals surface area contributed by atoms with Crippen LogP contribution in [0.3, 0.4) is 0 Å². The van der Waals surface area contributed by atoms with Crippen LogP contribution in [-0.4, -0.2) is 25.8 Å². The molecule has 0 spiro atoms. The first-order chi connectivity index (χ1) is 43.5. The van der Waals surface area contributed by atoms with Gasteiger partial charge in [-0.05, 0) is 186 Å². The first kappa shape index (κ1) is 50.5. The van der Waals surface area contributed by atoms with Crippen molar-refractivity contribution >= 4 is 131 Å². The topological polar surface area (TPSA) is 35.6 Å². The van der Waals surface area contributed by atoms with Gasteiger partial charge < -0.3 is 9.13 Å². The molecular formula is C84H59BN4. The molecule has 0 radical (unpaired) electrons. The van der Waals surface area contributed by atoms with Crippen LogP contribution in [0.1, 0.15) is 52.7 Å². The van der Waals surface area contributed by atoms with Gasteiger partial charge in [0.05, 0.1) is 16.6 Å². The molecule has 0 N–H and O–H groups in total. The minimum atomic E-state index is -0.148. The number of rotatable bonds is 4. The maximum Gasteiger partial charge on any atom is 0.252 e. The molecule has 418 valence electrons. The summed E-state index contributed by atoms with van der Waals surface area (Å²) in [6.45, 7) is 14.1. The predicted octanol–water partition coefficient (Wildman–Crippen LogP) is 20.0. The SMILES string of the molecule is CC(C)(C)c1ccc2c(c1)c1cc(C(C)(C)C)cc3c1n2-c1cc(-c2c(-c4cccnc4)cc(-c4ccccc4)cc2-c2cccnc2)cc2c1B3c1cc3c4ccccc4c4ccccc4c3c3c4c5c6ccccc6c6ccccc6c5ccc4n-2c13. The van der Waals surface area contributed by atoms with Gasteiger partial charge in [0.1, 0.15) is 0 Å². The fourth-order valence-corrected chi connectivity index (χ4v) is 16.3. The van der Waals surface area contributed by atoms with E-state index in [4.69, 9.17) is 9.97 Å². The van der Waals surface area contributed by atoms with Gasteiger partial charge in [0.25, 0.3) is 6.71 Å². The summed E-state index contributed by atoms with van der Waals surface area (Å²) in [6.07, 6.45) is 7.85. The van der Waals surface area contributed by atoms with Crippen LogP contribution in [0.25, 0.3) is 164 Å². The maximum absolute atomic E-state index is 4.84. The summed E-state index contributed by atoms with van der Waals surface area (Å²) in [5.74, 6) is 0. The number of pyridine rings is 2. The predicted molar refractivity (Wildman–Crippen MR) is 380 cm³/mol. The monoisotopic (exact) mass is 1130 g/mol. The van der Waals surface area contributed by atoms with Gasteiger partial charge in [0.2, 0.25) is 0 Å². The van der Waals surface area contributed by atoms with Crippen molar-refractivity contribution in [3.05, 3.63) is 260 Å². The molecular weight excluding hydrogens is 1080 g/mol. The van der Waals surface area contributed by atoms with Gasteiger partial charge in [-0.1, -0.05) is 205 Å². The Labute approximate surface area is 516 Å². The Balaban J connectivity index is 1.08. The van der Waals surface area contributed by atoms with Crippen LogP contribution in [0, 0.1) is 0 Å². The molecule has 0 saturated heterocycles. The fourth-order valence-electron chi connectivity index (χ4n) is 16.3. The molecule has 13 aromatic carbocycles. The Morgan fingerprint density at radius 2 is 0.787 bits per heavy atom. The lowest BCUT2D eigenvalue weighted by atomic mass is 9.34. The summed E-state index contributed by atoms with van der Waals surface area (Å²) in [5.41, 5.74) is 22.7. The standard InChI is InChI=1S/C84H59BN4/c1-83(2,3)53-32-34-71-66(42-53)68-43-54(84(4,5)6)44-69-81(68)88(71)73-40-52(75-64(49-22-18-36-86-46-49)38-51(48-20-8-7-9-21-48)39-65(75)50-23-19-37-87-47-50)41-74-80(73)85(69)70-45-67-60-29-13-11-25-56(60)58-27-15-17-31-62(58)77(67)79-78-72(89(74)82(70)79)35-33-63-59-28-12-10-24-55(59)57-26-14-16-30-61(57)76(63)78/h7-47H,1-6H3. The van der Waals surface area contributed by atoms with Crippen LogP contribution in [0.4, 0.5) is 0 Å². The first-order valence-corrected chi connectivity index (χ1v) is 31.4. The second-order valence-electron chi connectivity index (χ2n) is 27.2. The van der Waals surface area contributed by atoms with Crippen LogP contribution in [-0.2, 0) is 10.8 Å². The van der Waals surface area contributed by atoms with E-state index in [1.807, 2.05) is 24.8 Å². The molecule has 6 heterocycles. The van der Waals surface area contributed by atoms with E-state index in [2.05, 4.69) is 275 Å². The summed E-state index contributed by atoms with van der Waals surface area (Å²) in [6, 6.07) is 86.0. The van der Waals surface area contributed by atoms with Gasteiger partial charge in [-0.3, -0.25) is 9.97 Å². The minimum absolute atomic E-state index is 0.0652. The Hall–Kier alpha value is -10.6. The zero-order valence-corrected chi connectivity index (χ0v) is 50.5. The van der Waals surface area contributed by atoms with Crippen molar-refractivity contribution in [1.29, 1.82) is 0 Å². The van der Waals surface area contributed by atoms with Crippen LogP contribution in [0.2, 0.25) is 0 Å². The quantitative estimate of drug-likeness (QED) is 0.130. The van der Waals surface area contributed by atoms with Gasteiger partial charge in [0, 0.05) is 85.1 Å². The van der Waals surface area contributed by atoms with E-state index in [-0.39, 0.29) is 17.5 Å². The van der Waals surface area contributed by atoms with Gasteiger partial charge in [0.15, 0.2) is 0 Å². The van der Waals surface area contributed by atoms with Gasteiger partial charge in [-0.15, -0.1) is 0 Å². The Morgan fingerprint density at radius 3 is 1.35 bits per heavy atom. The number of fused-ring (bicyclic) bond motifs is 24. The molecule has 0 fully saturated rings. The molecule has 0 saturated carbocycles. The van der Waals surface area contributed by atoms with E-state index in [0.717, 1.165) is 44.5 Å². The highest BCUT2D eigenvalue weighted by Crippen LogP contribution is 2.52. The normalized spacial score (nSPS) is 13.0. The van der Waals surface area contributed by atoms with Crippen molar-refractivity contribution in [2.45, 2.75) is 52.4 Å². The Morgan fingerprint density at radius 1 is 0.315 bits per heavy atom. The zero-order chi connectivity index (χ0) is 59.3. The van der Waals surface area contributed by atoms with Crippen LogP contribution < -0.4 is 16.4 Å². The highest BCUT2D eigenvalue weighted by Gasteiger charge is 2.43. The lowest BCUT2D eigenvalue weighted by Gasteiger charge is -2.35. The highest BCUT2D eigenvalue weighted by atomic mass is 15.0. The van der Waals surface area contributed by atoms with Crippen molar-refractivity contribution < 1.29 is 0 Å². The van der Waals surface area contributed by atoms with E-state index in [0.29, 0.717) is 0 Å². The smallest absolute Gasteiger partial charge is 0.252 e. The third-order valence-corrected chi connectivity index (χ3v) is 20.3. The molecule has 17 aromatic rings. The molecule has 0 bridgehead atoms. The highest BCUT2D eigenvalue weighted by molar-refractivity contribution is 7.00. The van der Waals surface area contributed by atoms with E-state index in [9.17, 15) is 0 Å². The second-order valence-corrected chi connectivity index (χ2v) is 27.2. The largest absolute Gasteiger partial charge is 0.310 e. The van der Waals surface area contributed by atoms with E-state index >= 15 is 0 Å². The first-order valence-electron chi connectivity index (χ1n) is 31.4. The van der Waals surface area contributed by atoms with Gasteiger partial charge in [-0.2, -0.15) is 0 Å². The second kappa shape index (κ2) is 18.0. The average molecular weight is 1140 g/mol. The van der Waals surface area contributed by atoms with E-state index in [1.54, 1.807) is 0 Å². The van der Waals surface area contributed by atoms with Crippen molar-refractivity contribution in [3.8, 4) is 55.9 Å². The lowest BCUT2D eigenvalue weighted by Crippen LogP contribution is -2.59. The van der Waals surface area contributed by atoms with Crippen molar-refractivity contribution in [2.24, 2.45) is 0 Å². The van der Waals surface area contributed by atoms with Gasteiger partial charge in [-0.25, -0.2) is 0 Å². The molecule has 4 aromatic heterocycles. The lowest BCUT2D eigenvalue weighted by molar-refractivity contribution is 0.590. The fraction of sp³-hybridized carbons (Fsp3) is 0.0952. The molecule has 89 heavy (non-hydrogen) atoms. The molecule has 0 atom stereocenters. The number of hydrogen-bond acceptors (Lipinski definition) is 2. The van der Waals surface area contributed by atoms with Crippen molar-refractivity contribution in [3.63, 3.8) is 0 Å². The molecule has 2 aliphatic heterocycles. The maximum atomic E-state index is 4.84. The van der Waals surface area contributed by atoms with Crippen molar-refractivity contribution in [2.75, 3.05) is 0 Å².